The Kier molecular flexibility index (Phi) is 3.65. The van der Waals surface area contributed by atoms with Crippen LogP contribution in [-0.4, -0.2) is 49.8 Å². The molecule has 1 saturated carbocycles. The predicted octanol–water partition coefficient (Wildman–Crippen LogP) is 1.24. The van der Waals surface area contributed by atoms with E-state index < -0.39 is 0 Å². The molecule has 15 heavy (non-hydrogen) atoms. The van der Waals surface area contributed by atoms with Gasteiger partial charge in [-0.1, -0.05) is 12.8 Å². The maximum atomic E-state index is 5.75. The van der Waals surface area contributed by atoms with Crippen LogP contribution in [0.25, 0.3) is 0 Å². The lowest BCUT2D eigenvalue weighted by Gasteiger charge is -2.33. The van der Waals surface area contributed by atoms with Crippen LogP contribution in [-0.2, 0) is 4.74 Å². The summed E-state index contributed by atoms with van der Waals surface area (Å²) in [5, 5.41) is 3.70. The van der Waals surface area contributed by atoms with Crippen molar-refractivity contribution in [2.45, 2.75) is 44.2 Å². The van der Waals surface area contributed by atoms with Gasteiger partial charge in [0.2, 0.25) is 0 Å². The lowest BCUT2D eigenvalue weighted by Crippen LogP contribution is -2.49. The highest BCUT2D eigenvalue weighted by Gasteiger charge is 2.29. The molecule has 1 aliphatic carbocycles. The molecule has 0 amide bonds. The maximum absolute atomic E-state index is 5.75. The van der Waals surface area contributed by atoms with Crippen molar-refractivity contribution < 1.29 is 4.74 Å². The molecule has 1 heterocycles. The van der Waals surface area contributed by atoms with E-state index in [2.05, 4.69) is 24.2 Å². The number of nitrogens with zero attached hydrogens (tertiary/aromatic N) is 1. The van der Waals surface area contributed by atoms with E-state index in [1.165, 1.54) is 25.7 Å². The van der Waals surface area contributed by atoms with Gasteiger partial charge in [0.15, 0.2) is 0 Å². The van der Waals surface area contributed by atoms with Gasteiger partial charge in [0, 0.05) is 25.2 Å². The Morgan fingerprint density at radius 1 is 1.40 bits per heavy atom. The predicted molar refractivity (Wildman–Crippen MR) is 62.1 cm³/mol. The molecular weight excluding hydrogens is 188 g/mol. The quantitative estimate of drug-likeness (QED) is 0.762. The van der Waals surface area contributed by atoms with Gasteiger partial charge in [-0.05, 0) is 26.8 Å². The first-order valence-corrected chi connectivity index (χ1v) is 6.23. The fourth-order valence-corrected chi connectivity index (χ4v) is 2.68. The number of ether oxygens (including phenoxy) is 1. The molecule has 2 aliphatic rings. The maximum Gasteiger partial charge on any atom is 0.0826 e. The van der Waals surface area contributed by atoms with E-state index >= 15 is 0 Å². The summed E-state index contributed by atoms with van der Waals surface area (Å²) in [6, 6.07) is 0. The first-order valence-electron chi connectivity index (χ1n) is 6.23. The molecule has 2 fully saturated rings. The fraction of sp³-hybridized carbons (Fsp3) is 1.00. The van der Waals surface area contributed by atoms with E-state index in [1.807, 2.05) is 0 Å². The van der Waals surface area contributed by atoms with Crippen molar-refractivity contribution in [1.82, 2.24) is 10.2 Å². The highest BCUT2D eigenvalue weighted by molar-refractivity contribution is 4.89. The van der Waals surface area contributed by atoms with Gasteiger partial charge in [-0.15, -0.1) is 0 Å². The molecule has 0 aromatic carbocycles. The van der Waals surface area contributed by atoms with Crippen molar-refractivity contribution in [2.24, 2.45) is 0 Å². The van der Waals surface area contributed by atoms with Crippen LogP contribution in [0, 0.1) is 0 Å². The second kappa shape index (κ2) is 4.81. The third-order valence-corrected chi connectivity index (χ3v) is 3.81. The van der Waals surface area contributed by atoms with Crippen LogP contribution in [0.15, 0.2) is 0 Å². The molecule has 2 rings (SSSR count). The number of hydrogen-bond donors (Lipinski definition) is 1. The van der Waals surface area contributed by atoms with Gasteiger partial charge < -0.3 is 15.0 Å². The SMILES string of the molecule is CN1CCOC(CNC2(C)CCCC2)C1. The van der Waals surface area contributed by atoms with Crippen LogP contribution in [0.5, 0.6) is 0 Å². The van der Waals surface area contributed by atoms with Crippen LogP contribution in [0.4, 0.5) is 0 Å². The Balaban J connectivity index is 1.72. The summed E-state index contributed by atoms with van der Waals surface area (Å²) in [4.78, 5) is 2.35. The van der Waals surface area contributed by atoms with E-state index in [9.17, 15) is 0 Å². The van der Waals surface area contributed by atoms with Gasteiger partial charge >= 0.3 is 0 Å². The average Bonchev–Trinajstić information content (AvgIpc) is 2.63. The van der Waals surface area contributed by atoms with E-state index in [1.54, 1.807) is 0 Å². The molecule has 0 radical (unpaired) electrons. The lowest BCUT2D eigenvalue weighted by molar-refractivity contribution is -0.0212. The first kappa shape index (κ1) is 11.4. The Labute approximate surface area is 93.2 Å². The van der Waals surface area contributed by atoms with Crippen LogP contribution < -0.4 is 5.32 Å². The van der Waals surface area contributed by atoms with Crippen molar-refractivity contribution in [3.05, 3.63) is 0 Å². The molecule has 1 N–H and O–H groups in total. The molecule has 0 spiro atoms. The molecule has 1 saturated heterocycles. The largest absolute Gasteiger partial charge is 0.374 e. The summed E-state index contributed by atoms with van der Waals surface area (Å²) >= 11 is 0. The molecule has 3 heteroatoms. The van der Waals surface area contributed by atoms with Gasteiger partial charge in [-0.3, -0.25) is 0 Å². The Morgan fingerprint density at radius 3 is 2.80 bits per heavy atom. The average molecular weight is 212 g/mol. The summed E-state index contributed by atoms with van der Waals surface area (Å²) < 4.78 is 5.75. The van der Waals surface area contributed by atoms with Crippen molar-refractivity contribution in [1.29, 1.82) is 0 Å². The summed E-state index contributed by atoms with van der Waals surface area (Å²) in [5.74, 6) is 0. The van der Waals surface area contributed by atoms with E-state index in [0.717, 1.165) is 26.2 Å². The van der Waals surface area contributed by atoms with Gasteiger partial charge in [0.1, 0.15) is 0 Å². The molecule has 0 aromatic heterocycles. The van der Waals surface area contributed by atoms with Crippen molar-refractivity contribution in [3.63, 3.8) is 0 Å². The molecule has 1 atom stereocenters. The normalized spacial score (nSPS) is 32.0. The molecule has 1 unspecified atom stereocenters. The number of likely N-dealkylation sites (N-methyl/N-ethyl adjacent to an activating group) is 1. The fourth-order valence-electron chi connectivity index (χ4n) is 2.68. The molecule has 0 aromatic rings. The minimum absolute atomic E-state index is 0.388. The number of hydrogen-bond acceptors (Lipinski definition) is 3. The van der Waals surface area contributed by atoms with Crippen LogP contribution >= 0.6 is 0 Å². The first-order chi connectivity index (χ1) is 7.18. The third-order valence-electron chi connectivity index (χ3n) is 3.81. The van der Waals surface area contributed by atoms with Crippen molar-refractivity contribution >= 4 is 0 Å². The molecule has 1 aliphatic heterocycles. The molecular formula is C12H24N2O. The van der Waals surface area contributed by atoms with Crippen LogP contribution in [0.3, 0.4) is 0 Å². The van der Waals surface area contributed by atoms with E-state index in [0.29, 0.717) is 11.6 Å². The zero-order chi connectivity index (χ0) is 10.7. The van der Waals surface area contributed by atoms with E-state index in [-0.39, 0.29) is 0 Å². The minimum atomic E-state index is 0.388. The number of rotatable bonds is 3. The Hall–Kier alpha value is -0.120. The topological polar surface area (TPSA) is 24.5 Å². The van der Waals surface area contributed by atoms with Crippen molar-refractivity contribution in [2.75, 3.05) is 33.3 Å². The number of morpholine rings is 1. The summed E-state index contributed by atoms with van der Waals surface area (Å²) in [6.45, 7) is 6.41. The van der Waals surface area contributed by atoms with Gasteiger partial charge in [-0.2, -0.15) is 0 Å². The van der Waals surface area contributed by atoms with Crippen molar-refractivity contribution in [3.8, 4) is 0 Å². The zero-order valence-corrected chi connectivity index (χ0v) is 10.1. The lowest BCUT2D eigenvalue weighted by atomic mass is 10.0. The Morgan fingerprint density at radius 2 is 2.13 bits per heavy atom. The summed E-state index contributed by atoms with van der Waals surface area (Å²) in [7, 11) is 2.17. The number of nitrogens with one attached hydrogen (secondary N) is 1. The second-order valence-corrected chi connectivity index (χ2v) is 5.40. The van der Waals surface area contributed by atoms with E-state index in [4.69, 9.17) is 4.74 Å². The van der Waals surface area contributed by atoms with Gasteiger partial charge in [0.25, 0.3) is 0 Å². The zero-order valence-electron chi connectivity index (χ0n) is 10.1. The summed E-state index contributed by atoms with van der Waals surface area (Å²) in [6.07, 6.45) is 5.82. The van der Waals surface area contributed by atoms with Crippen LogP contribution in [0.1, 0.15) is 32.6 Å². The minimum Gasteiger partial charge on any atom is -0.374 e. The molecule has 3 nitrogen and oxygen atoms in total. The highest BCUT2D eigenvalue weighted by atomic mass is 16.5. The van der Waals surface area contributed by atoms with Gasteiger partial charge in [0.05, 0.1) is 12.7 Å². The molecule has 88 valence electrons. The van der Waals surface area contributed by atoms with Crippen LogP contribution in [0.2, 0.25) is 0 Å². The smallest absolute Gasteiger partial charge is 0.0826 e. The van der Waals surface area contributed by atoms with Gasteiger partial charge in [-0.25, -0.2) is 0 Å². The standard InChI is InChI=1S/C12H24N2O/c1-12(5-3-4-6-12)13-9-11-10-14(2)7-8-15-11/h11,13H,3-10H2,1-2H3. The highest BCUT2D eigenvalue weighted by Crippen LogP contribution is 2.28. The second-order valence-electron chi connectivity index (χ2n) is 5.40. The molecule has 0 bridgehead atoms. The summed E-state index contributed by atoms with van der Waals surface area (Å²) in [5.41, 5.74) is 0.388. The Bertz CT molecular complexity index is 202. The third kappa shape index (κ3) is 3.16. The monoisotopic (exact) mass is 212 g/mol.